The first-order valence-electron chi connectivity index (χ1n) is 6.52. The van der Waals surface area contributed by atoms with Gasteiger partial charge >= 0.3 is 0 Å². The van der Waals surface area contributed by atoms with E-state index in [0.29, 0.717) is 16.4 Å². The first-order chi connectivity index (χ1) is 9.25. The van der Waals surface area contributed by atoms with Gasteiger partial charge in [-0.25, -0.2) is 0 Å². The summed E-state index contributed by atoms with van der Waals surface area (Å²) in [6, 6.07) is 7.26. The second-order valence-corrected chi connectivity index (χ2v) is 6.48. The second kappa shape index (κ2) is 5.15. The fourth-order valence-electron chi connectivity index (χ4n) is 2.17. The molecule has 1 atom stereocenters. The predicted octanol–water partition coefficient (Wildman–Crippen LogP) is 3.72. The van der Waals surface area contributed by atoms with Gasteiger partial charge in [-0.2, -0.15) is 0 Å². The van der Waals surface area contributed by atoms with Gasteiger partial charge in [0.15, 0.2) is 5.60 Å². The van der Waals surface area contributed by atoms with Gasteiger partial charge in [-0.3, -0.25) is 9.97 Å². The standard InChI is InChI=1S/C16H19ClN2O/c1-11-5-7-13(18-9-11)16(20,15(2,3)4)14-8-6-12(17)10-19-14/h5-10,20H,1-4H3. The summed E-state index contributed by atoms with van der Waals surface area (Å²) in [7, 11) is 0. The molecule has 0 saturated carbocycles. The Morgan fingerprint density at radius 2 is 1.50 bits per heavy atom. The van der Waals surface area contributed by atoms with Crippen molar-refractivity contribution in [2.75, 3.05) is 0 Å². The summed E-state index contributed by atoms with van der Waals surface area (Å²) in [5, 5.41) is 11.8. The Hall–Kier alpha value is -1.45. The van der Waals surface area contributed by atoms with Crippen molar-refractivity contribution >= 4 is 11.6 Å². The fourth-order valence-corrected chi connectivity index (χ4v) is 2.28. The van der Waals surface area contributed by atoms with Gasteiger partial charge in [0, 0.05) is 17.8 Å². The van der Waals surface area contributed by atoms with Crippen LogP contribution in [-0.2, 0) is 5.60 Å². The zero-order chi connectivity index (χ0) is 15.0. The molecule has 0 saturated heterocycles. The second-order valence-electron chi connectivity index (χ2n) is 6.04. The molecule has 20 heavy (non-hydrogen) atoms. The third kappa shape index (κ3) is 2.56. The third-order valence-corrected chi connectivity index (χ3v) is 3.69. The normalized spacial score (nSPS) is 14.9. The number of aliphatic hydroxyl groups is 1. The summed E-state index contributed by atoms with van der Waals surface area (Å²) in [4.78, 5) is 8.69. The molecule has 2 rings (SSSR count). The summed E-state index contributed by atoms with van der Waals surface area (Å²) in [5.41, 5.74) is 0.451. The van der Waals surface area contributed by atoms with Gasteiger partial charge in [0.25, 0.3) is 0 Å². The Morgan fingerprint density at radius 3 is 1.90 bits per heavy atom. The molecule has 0 aliphatic rings. The minimum Gasteiger partial charge on any atom is -0.377 e. The molecule has 2 aromatic heterocycles. The Balaban J connectivity index is 2.62. The van der Waals surface area contributed by atoms with E-state index in [0.717, 1.165) is 5.56 Å². The zero-order valence-electron chi connectivity index (χ0n) is 12.2. The highest BCUT2D eigenvalue weighted by Gasteiger charge is 2.45. The molecule has 0 aromatic carbocycles. The summed E-state index contributed by atoms with van der Waals surface area (Å²) in [6.07, 6.45) is 3.30. The average molecular weight is 291 g/mol. The molecule has 4 heteroatoms. The van der Waals surface area contributed by atoms with E-state index in [2.05, 4.69) is 9.97 Å². The number of pyridine rings is 2. The molecule has 0 aliphatic heterocycles. The quantitative estimate of drug-likeness (QED) is 0.917. The molecular formula is C16H19ClN2O. The van der Waals surface area contributed by atoms with E-state index in [1.54, 1.807) is 24.5 Å². The fraction of sp³-hybridized carbons (Fsp3) is 0.375. The van der Waals surface area contributed by atoms with Crippen LogP contribution in [-0.4, -0.2) is 15.1 Å². The molecule has 0 radical (unpaired) electrons. The van der Waals surface area contributed by atoms with Crippen molar-refractivity contribution in [1.82, 2.24) is 9.97 Å². The van der Waals surface area contributed by atoms with Gasteiger partial charge in [-0.05, 0) is 30.7 Å². The van der Waals surface area contributed by atoms with Crippen LogP contribution in [0.4, 0.5) is 0 Å². The molecule has 106 valence electrons. The van der Waals surface area contributed by atoms with Crippen molar-refractivity contribution in [3.8, 4) is 0 Å². The minimum atomic E-state index is -1.27. The van der Waals surface area contributed by atoms with E-state index in [4.69, 9.17) is 11.6 Å². The average Bonchev–Trinajstić information content (AvgIpc) is 2.38. The highest BCUT2D eigenvalue weighted by atomic mass is 35.5. The van der Waals surface area contributed by atoms with E-state index in [1.807, 2.05) is 39.8 Å². The Kier molecular flexibility index (Phi) is 3.85. The van der Waals surface area contributed by atoms with E-state index in [-0.39, 0.29) is 0 Å². The van der Waals surface area contributed by atoms with Gasteiger partial charge in [-0.1, -0.05) is 38.4 Å². The summed E-state index contributed by atoms with van der Waals surface area (Å²) >= 11 is 5.88. The lowest BCUT2D eigenvalue weighted by Gasteiger charge is -2.39. The topological polar surface area (TPSA) is 46.0 Å². The monoisotopic (exact) mass is 290 g/mol. The first kappa shape index (κ1) is 14.9. The van der Waals surface area contributed by atoms with Crippen LogP contribution in [0.2, 0.25) is 5.02 Å². The van der Waals surface area contributed by atoms with Crippen molar-refractivity contribution < 1.29 is 5.11 Å². The Morgan fingerprint density at radius 1 is 0.950 bits per heavy atom. The van der Waals surface area contributed by atoms with E-state index < -0.39 is 11.0 Å². The maximum atomic E-state index is 11.3. The van der Waals surface area contributed by atoms with Crippen LogP contribution < -0.4 is 0 Å². The molecule has 0 fully saturated rings. The Labute approximate surface area is 124 Å². The number of hydrogen-bond donors (Lipinski definition) is 1. The molecule has 1 N–H and O–H groups in total. The predicted molar refractivity (Wildman–Crippen MR) is 80.7 cm³/mol. The van der Waals surface area contributed by atoms with Crippen LogP contribution in [0.25, 0.3) is 0 Å². The Bertz CT molecular complexity index is 540. The highest BCUT2D eigenvalue weighted by molar-refractivity contribution is 6.30. The molecule has 1 unspecified atom stereocenters. The van der Waals surface area contributed by atoms with Crippen molar-refractivity contribution in [1.29, 1.82) is 0 Å². The number of rotatable bonds is 2. The van der Waals surface area contributed by atoms with Gasteiger partial charge in [0.05, 0.1) is 16.4 Å². The molecule has 0 bridgehead atoms. The number of aryl methyl sites for hydroxylation is 1. The molecule has 2 heterocycles. The largest absolute Gasteiger partial charge is 0.377 e. The van der Waals surface area contributed by atoms with Crippen LogP contribution in [0.3, 0.4) is 0 Å². The lowest BCUT2D eigenvalue weighted by Crippen LogP contribution is -2.42. The first-order valence-corrected chi connectivity index (χ1v) is 6.90. The van der Waals surface area contributed by atoms with Gasteiger partial charge < -0.3 is 5.11 Å². The minimum absolute atomic E-state index is 0.462. The number of nitrogens with zero attached hydrogens (tertiary/aromatic N) is 2. The van der Waals surface area contributed by atoms with Crippen molar-refractivity contribution in [3.05, 3.63) is 58.6 Å². The van der Waals surface area contributed by atoms with Crippen molar-refractivity contribution in [2.24, 2.45) is 5.41 Å². The lowest BCUT2D eigenvalue weighted by atomic mass is 9.72. The number of aromatic nitrogens is 2. The third-order valence-electron chi connectivity index (χ3n) is 3.47. The zero-order valence-corrected chi connectivity index (χ0v) is 12.9. The van der Waals surface area contributed by atoms with Crippen LogP contribution >= 0.6 is 11.6 Å². The van der Waals surface area contributed by atoms with E-state index >= 15 is 0 Å². The molecular weight excluding hydrogens is 272 g/mol. The smallest absolute Gasteiger partial charge is 0.153 e. The van der Waals surface area contributed by atoms with E-state index in [9.17, 15) is 5.11 Å². The molecule has 0 spiro atoms. The SMILES string of the molecule is Cc1ccc(C(O)(c2ccc(Cl)cn2)C(C)(C)C)nc1. The summed E-state index contributed by atoms with van der Waals surface area (Å²) in [5.74, 6) is 0. The van der Waals surface area contributed by atoms with E-state index in [1.165, 1.54) is 0 Å². The lowest BCUT2D eigenvalue weighted by molar-refractivity contribution is -0.0332. The highest BCUT2D eigenvalue weighted by Crippen LogP contribution is 2.43. The van der Waals surface area contributed by atoms with Gasteiger partial charge in [0.2, 0.25) is 0 Å². The van der Waals surface area contributed by atoms with Crippen LogP contribution in [0.1, 0.15) is 37.7 Å². The van der Waals surface area contributed by atoms with Gasteiger partial charge in [-0.15, -0.1) is 0 Å². The maximum Gasteiger partial charge on any atom is 0.153 e. The number of hydrogen-bond acceptors (Lipinski definition) is 3. The molecule has 2 aromatic rings. The molecule has 0 amide bonds. The van der Waals surface area contributed by atoms with Crippen LogP contribution in [0.5, 0.6) is 0 Å². The van der Waals surface area contributed by atoms with Gasteiger partial charge in [0.1, 0.15) is 0 Å². The van der Waals surface area contributed by atoms with Crippen molar-refractivity contribution in [2.45, 2.75) is 33.3 Å². The van der Waals surface area contributed by atoms with Crippen LogP contribution in [0.15, 0.2) is 36.7 Å². The number of halogens is 1. The maximum absolute atomic E-state index is 11.3. The van der Waals surface area contributed by atoms with Crippen LogP contribution in [0, 0.1) is 12.3 Å². The summed E-state index contributed by atoms with van der Waals surface area (Å²) in [6.45, 7) is 7.86. The molecule has 3 nitrogen and oxygen atoms in total. The molecule has 0 aliphatic carbocycles. The van der Waals surface area contributed by atoms with Crippen molar-refractivity contribution in [3.63, 3.8) is 0 Å². The summed E-state index contributed by atoms with van der Waals surface area (Å²) < 4.78 is 0.